The molecule has 3 N–H and O–H groups in total. The van der Waals surface area contributed by atoms with Crippen LogP contribution in [-0.2, 0) is 0 Å². The van der Waals surface area contributed by atoms with Crippen LogP contribution in [0.3, 0.4) is 0 Å². The zero-order valence-corrected chi connectivity index (χ0v) is 14.3. The summed E-state index contributed by atoms with van der Waals surface area (Å²) in [6, 6.07) is 19.4. The van der Waals surface area contributed by atoms with Crippen LogP contribution in [0.5, 0.6) is 0 Å². The molecule has 2 aromatic carbocycles. The largest absolute Gasteiger partial charge is 0.389 e. The van der Waals surface area contributed by atoms with Gasteiger partial charge in [0.25, 0.3) is 0 Å². The van der Waals surface area contributed by atoms with E-state index < -0.39 is 5.60 Å². The second-order valence-electron chi connectivity index (χ2n) is 6.33. The first kappa shape index (κ1) is 16.9. The highest BCUT2D eigenvalue weighted by molar-refractivity contribution is 5.60. The fourth-order valence-corrected chi connectivity index (χ4v) is 2.17. The molecular formula is C19H21N5O. The zero-order chi connectivity index (χ0) is 17.7. The van der Waals surface area contributed by atoms with Crippen LogP contribution in [0.2, 0.25) is 0 Å². The van der Waals surface area contributed by atoms with Crippen LogP contribution < -0.4 is 10.6 Å². The van der Waals surface area contributed by atoms with Gasteiger partial charge in [-0.2, -0.15) is 15.0 Å². The summed E-state index contributed by atoms with van der Waals surface area (Å²) in [6.07, 6.45) is 0. The lowest BCUT2D eigenvalue weighted by Crippen LogP contribution is -2.30. The molecule has 0 amide bonds. The number of aliphatic hydroxyl groups is 1. The van der Waals surface area contributed by atoms with Crippen LogP contribution in [0.1, 0.15) is 13.8 Å². The van der Waals surface area contributed by atoms with E-state index in [1.807, 2.05) is 60.7 Å². The molecule has 6 nitrogen and oxygen atoms in total. The smallest absolute Gasteiger partial charge is 0.232 e. The molecule has 25 heavy (non-hydrogen) atoms. The van der Waals surface area contributed by atoms with E-state index in [2.05, 4.69) is 25.6 Å². The van der Waals surface area contributed by atoms with E-state index in [0.717, 1.165) is 11.3 Å². The molecule has 128 valence electrons. The minimum atomic E-state index is -0.868. The number of hydrogen-bond acceptors (Lipinski definition) is 6. The molecule has 0 bridgehead atoms. The zero-order valence-electron chi connectivity index (χ0n) is 14.3. The molecule has 0 spiro atoms. The molecule has 6 heteroatoms. The Balaban J connectivity index is 1.93. The second-order valence-corrected chi connectivity index (χ2v) is 6.33. The van der Waals surface area contributed by atoms with Crippen LogP contribution in [0, 0.1) is 0 Å². The molecule has 0 fully saturated rings. The van der Waals surface area contributed by atoms with Crippen LogP contribution in [-0.4, -0.2) is 32.2 Å². The molecule has 1 heterocycles. The average Bonchev–Trinajstić information content (AvgIpc) is 2.61. The van der Waals surface area contributed by atoms with Crippen molar-refractivity contribution in [2.75, 3.05) is 17.2 Å². The molecule has 0 unspecified atom stereocenters. The summed E-state index contributed by atoms with van der Waals surface area (Å²) >= 11 is 0. The first-order valence-corrected chi connectivity index (χ1v) is 8.09. The maximum absolute atomic E-state index is 9.92. The first-order valence-electron chi connectivity index (χ1n) is 8.09. The standard InChI is InChI=1S/C19H21N5O/c1-19(2,25)13-20-17-22-16(14-9-5-3-6-10-14)23-18(24-17)21-15-11-7-4-8-12-15/h3-12,25H,13H2,1-2H3,(H2,20,21,22,23,24). The van der Waals surface area contributed by atoms with Crippen molar-refractivity contribution in [2.45, 2.75) is 19.4 Å². The Morgan fingerprint density at radius 1 is 0.840 bits per heavy atom. The van der Waals surface area contributed by atoms with Crippen molar-refractivity contribution < 1.29 is 5.11 Å². The van der Waals surface area contributed by atoms with E-state index in [0.29, 0.717) is 24.3 Å². The number of anilines is 3. The van der Waals surface area contributed by atoms with Gasteiger partial charge in [-0.25, -0.2) is 0 Å². The number of nitrogens with zero attached hydrogens (tertiary/aromatic N) is 3. The van der Waals surface area contributed by atoms with Crippen molar-refractivity contribution in [3.63, 3.8) is 0 Å². The van der Waals surface area contributed by atoms with E-state index in [-0.39, 0.29) is 0 Å². The van der Waals surface area contributed by atoms with E-state index in [1.54, 1.807) is 13.8 Å². The van der Waals surface area contributed by atoms with Crippen LogP contribution >= 0.6 is 0 Å². The van der Waals surface area contributed by atoms with Crippen molar-refractivity contribution in [1.82, 2.24) is 15.0 Å². The third-order valence-electron chi connectivity index (χ3n) is 3.38. The minimum Gasteiger partial charge on any atom is -0.389 e. The summed E-state index contributed by atoms with van der Waals surface area (Å²) in [6.45, 7) is 3.78. The number of benzene rings is 2. The summed E-state index contributed by atoms with van der Waals surface area (Å²) in [5.41, 5.74) is 0.917. The van der Waals surface area contributed by atoms with Gasteiger partial charge >= 0.3 is 0 Å². The van der Waals surface area contributed by atoms with Gasteiger partial charge in [0, 0.05) is 17.8 Å². The lowest BCUT2D eigenvalue weighted by atomic mass is 10.1. The Hall–Kier alpha value is -2.99. The average molecular weight is 335 g/mol. The lowest BCUT2D eigenvalue weighted by Gasteiger charge is -2.18. The number of nitrogens with one attached hydrogen (secondary N) is 2. The fourth-order valence-electron chi connectivity index (χ4n) is 2.17. The third-order valence-corrected chi connectivity index (χ3v) is 3.38. The van der Waals surface area contributed by atoms with Gasteiger partial charge in [0.1, 0.15) is 0 Å². The van der Waals surface area contributed by atoms with Gasteiger partial charge < -0.3 is 15.7 Å². The predicted octanol–water partition coefficient (Wildman–Crippen LogP) is 3.47. The maximum Gasteiger partial charge on any atom is 0.232 e. The molecule has 3 rings (SSSR count). The van der Waals surface area contributed by atoms with Crippen LogP contribution in [0.4, 0.5) is 17.6 Å². The molecule has 0 saturated carbocycles. The molecule has 3 aromatic rings. The normalized spacial score (nSPS) is 11.2. The highest BCUT2D eigenvalue weighted by atomic mass is 16.3. The Bertz CT molecular complexity index is 816. The van der Waals surface area contributed by atoms with Crippen LogP contribution in [0.25, 0.3) is 11.4 Å². The summed E-state index contributed by atoms with van der Waals surface area (Å²) in [5.74, 6) is 1.42. The van der Waals surface area contributed by atoms with E-state index in [9.17, 15) is 5.11 Å². The van der Waals surface area contributed by atoms with Gasteiger partial charge in [-0.3, -0.25) is 0 Å². The van der Waals surface area contributed by atoms with Gasteiger partial charge in [0.15, 0.2) is 5.82 Å². The van der Waals surface area contributed by atoms with Crippen molar-refractivity contribution >= 4 is 17.6 Å². The molecule has 0 saturated heterocycles. The maximum atomic E-state index is 9.92. The predicted molar refractivity (Wildman–Crippen MR) is 99.8 cm³/mol. The molecule has 1 aromatic heterocycles. The van der Waals surface area contributed by atoms with Crippen molar-refractivity contribution in [2.24, 2.45) is 0 Å². The quantitative estimate of drug-likeness (QED) is 0.640. The van der Waals surface area contributed by atoms with Crippen LogP contribution in [0.15, 0.2) is 60.7 Å². The van der Waals surface area contributed by atoms with E-state index in [4.69, 9.17) is 0 Å². The minimum absolute atomic E-state index is 0.329. The molecule has 0 atom stereocenters. The van der Waals surface area contributed by atoms with Gasteiger partial charge in [0.05, 0.1) is 5.60 Å². The number of rotatable bonds is 6. The number of hydrogen-bond donors (Lipinski definition) is 3. The Morgan fingerprint density at radius 2 is 1.44 bits per heavy atom. The summed E-state index contributed by atoms with van der Waals surface area (Å²) < 4.78 is 0. The summed E-state index contributed by atoms with van der Waals surface area (Å²) in [5, 5.41) is 16.2. The Kier molecular flexibility index (Phi) is 4.90. The van der Waals surface area contributed by atoms with Crippen molar-refractivity contribution in [3.8, 4) is 11.4 Å². The van der Waals surface area contributed by atoms with Crippen molar-refractivity contribution in [1.29, 1.82) is 0 Å². The topological polar surface area (TPSA) is 83.0 Å². The highest BCUT2D eigenvalue weighted by Gasteiger charge is 2.14. The van der Waals surface area contributed by atoms with E-state index >= 15 is 0 Å². The lowest BCUT2D eigenvalue weighted by molar-refractivity contribution is 0.0943. The van der Waals surface area contributed by atoms with Gasteiger partial charge in [-0.15, -0.1) is 0 Å². The summed E-state index contributed by atoms with van der Waals surface area (Å²) in [4.78, 5) is 13.4. The molecule has 0 aliphatic carbocycles. The molecule has 0 radical (unpaired) electrons. The highest BCUT2D eigenvalue weighted by Crippen LogP contribution is 2.20. The van der Waals surface area contributed by atoms with Gasteiger partial charge in [0.2, 0.25) is 11.9 Å². The fraction of sp³-hybridized carbons (Fsp3) is 0.211. The molecular weight excluding hydrogens is 314 g/mol. The SMILES string of the molecule is CC(C)(O)CNc1nc(Nc2ccccc2)nc(-c2ccccc2)n1. The Labute approximate surface area is 147 Å². The number of para-hydroxylation sites is 1. The molecule has 0 aliphatic rings. The van der Waals surface area contributed by atoms with Gasteiger partial charge in [-0.05, 0) is 26.0 Å². The third kappa shape index (κ3) is 4.99. The Morgan fingerprint density at radius 3 is 2.08 bits per heavy atom. The summed E-state index contributed by atoms with van der Waals surface area (Å²) in [7, 11) is 0. The van der Waals surface area contributed by atoms with E-state index in [1.165, 1.54) is 0 Å². The number of aromatic nitrogens is 3. The molecule has 0 aliphatic heterocycles. The van der Waals surface area contributed by atoms with Crippen molar-refractivity contribution in [3.05, 3.63) is 60.7 Å². The van der Waals surface area contributed by atoms with Gasteiger partial charge in [-0.1, -0.05) is 48.5 Å². The second kappa shape index (κ2) is 7.27. The first-order chi connectivity index (χ1) is 12.0. The monoisotopic (exact) mass is 335 g/mol.